The van der Waals surface area contributed by atoms with Crippen LogP contribution in [0.1, 0.15) is 0 Å². The van der Waals surface area contributed by atoms with Crippen LogP contribution in [0, 0.1) is 0 Å². The second-order valence-corrected chi connectivity index (χ2v) is 15.4. The van der Waals surface area contributed by atoms with Gasteiger partial charge in [-0.05, 0) is 59.7 Å². The molecule has 0 aliphatic carbocycles. The van der Waals surface area contributed by atoms with Crippen LogP contribution in [0.5, 0.6) is 0 Å². The Morgan fingerprint density at radius 2 is 0.565 bits per heavy atom. The first-order valence-electron chi connectivity index (χ1n) is 20.6. The zero-order valence-corrected chi connectivity index (χ0v) is 33.2. The Bertz CT molecular complexity index is 3610. The molecular formula is C56H34N4O2. The van der Waals surface area contributed by atoms with Crippen LogP contribution in [0.25, 0.3) is 123 Å². The highest BCUT2D eigenvalue weighted by Crippen LogP contribution is 2.36. The van der Waals surface area contributed by atoms with Crippen LogP contribution < -0.4 is 0 Å². The van der Waals surface area contributed by atoms with E-state index in [1.54, 1.807) is 0 Å². The zero-order valence-electron chi connectivity index (χ0n) is 33.2. The van der Waals surface area contributed by atoms with Crippen LogP contribution in [0.3, 0.4) is 0 Å². The molecule has 0 aliphatic heterocycles. The zero-order chi connectivity index (χ0) is 41.0. The largest absolute Gasteiger partial charge is 0.456 e. The Labute approximate surface area is 356 Å². The maximum Gasteiger partial charge on any atom is 0.160 e. The molecule has 0 aliphatic rings. The third-order valence-electron chi connectivity index (χ3n) is 11.6. The lowest BCUT2D eigenvalue weighted by Crippen LogP contribution is -1.97. The minimum absolute atomic E-state index is 0.623. The molecule has 0 spiro atoms. The summed E-state index contributed by atoms with van der Waals surface area (Å²) in [4.78, 5) is 20.6. The van der Waals surface area contributed by atoms with Crippen molar-refractivity contribution < 1.29 is 8.83 Å². The first-order chi connectivity index (χ1) is 30.7. The van der Waals surface area contributed by atoms with Gasteiger partial charge in [0.15, 0.2) is 11.6 Å². The van der Waals surface area contributed by atoms with Crippen molar-refractivity contribution in [2.45, 2.75) is 0 Å². The van der Waals surface area contributed by atoms with Crippen molar-refractivity contribution in [3.05, 3.63) is 206 Å². The first-order valence-corrected chi connectivity index (χ1v) is 20.6. The van der Waals surface area contributed by atoms with E-state index < -0.39 is 0 Å². The molecule has 12 rings (SSSR count). The van der Waals surface area contributed by atoms with E-state index in [0.717, 1.165) is 111 Å². The van der Waals surface area contributed by atoms with Gasteiger partial charge >= 0.3 is 0 Å². The standard InChI is InChI=1S/C56H34N4O2/c1-3-11-35(12-4-1)36-19-25-40(26-20-36)55-57-49(34-50(60-55)41-27-29-45-43-15-7-9-17-51(43)61-53(45)31-41)39-23-21-38(22-24-39)48-33-47(37-13-5-2-6-14-37)58-56(59-48)42-28-30-46-44-16-8-10-18-52(44)62-54(46)32-42/h1-34H. The number of hydrogen-bond donors (Lipinski definition) is 0. The van der Waals surface area contributed by atoms with Crippen LogP contribution in [0.2, 0.25) is 0 Å². The molecule has 290 valence electrons. The summed E-state index contributed by atoms with van der Waals surface area (Å²) in [6, 6.07) is 70.4. The van der Waals surface area contributed by atoms with E-state index in [4.69, 9.17) is 28.8 Å². The molecule has 0 unspecified atom stereocenters. The lowest BCUT2D eigenvalue weighted by molar-refractivity contribution is 0.668. The van der Waals surface area contributed by atoms with Gasteiger partial charge < -0.3 is 8.83 Å². The molecule has 0 saturated heterocycles. The topological polar surface area (TPSA) is 77.8 Å². The Morgan fingerprint density at radius 1 is 0.226 bits per heavy atom. The van der Waals surface area contributed by atoms with E-state index in [1.807, 2.05) is 66.7 Å². The summed E-state index contributed by atoms with van der Waals surface area (Å²) in [5.41, 5.74) is 14.6. The molecule has 0 bridgehead atoms. The van der Waals surface area contributed by atoms with Crippen molar-refractivity contribution in [2.24, 2.45) is 0 Å². The average molecular weight is 795 g/mol. The number of furan rings is 2. The van der Waals surface area contributed by atoms with Gasteiger partial charge in [-0.1, -0.05) is 158 Å². The van der Waals surface area contributed by atoms with E-state index in [1.165, 1.54) is 0 Å². The molecule has 4 heterocycles. The SMILES string of the molecule is c1ccc(-c2ccc(-c3nc(-c4ccc(-c5cc(-c6ccccc6)nc(-c6ccc7c(c6)oc6ccccc67)n5)cc4)cc(-c4ccc5c(c4)oc4ccccc45)n3)cc2)cc1. The molecule has 0 N–H and O–H groups in total. The predicted molar refractivity (Wildman–Crippen MR) is 250 cm³/mol. The number of rotatable bonds is 7. The summed E-state index contributed by atoms with van der Waals surface area (Å²) in [5, 5.41) is 4.32. The monoisotopic (exact) mass is 794 g/mol. The Kier molecular flexibility index (Phi) is 8.38. The molecule has 0 atom stereocenters. The molecule has 8 aromatic carbocycles. The molecule has 6 heteroatoms. The van der Waals surface area contributed by atoms with E-state index in [-0.39, 0.29) is 0 Å². The molecule has 4 aromatic heterocycles. The van der Waals surface area contributed by atoms with Gasteiger partial charge in [0.1, 0.15) is 22.3 Å². The van der Waals surface area contributed by atoms with Crippen molar-refractivity contribution in [1.82, 2.24) is 19.9 Å². The van der Waals surface area contributed by atoms with E-state index in [0.29, 0.717) is 11.6 Å². The fraction of sp³-hybridized carbons (Fsp3) is 0. The smallest absolute Gasteiger partial charge is 0.160 e. The quantitative estimate of drug-likeness (QED) is 0.160. The van der Waals surface area contributed by atoms with Gasteiger partial charge in [0.05, 0.1) is 22.8 Å². The van der Waals surface area contributed by atoms with Crippen LogP contribution >= 0.6 is 0 Å². The van der Waals surface area contributed by atoms with Gasteiger partial charge in [0.25, 0.3) is 0 Å². The summed E-state index contributed by atoms with van der Waals surface area (Å²) in [6.07, 6.45) is 0. The maximum atomic E-state index is 6.30. The second kappa shape index (κ2) is 14.7. The predicted octanol–water partition coefficient (Wildman–Crippen LogP) is 14.7. The van der Waals surface area contributed by atoms with Gasteiger partial charge in [-0.2, -0.15) is 0 Å². The summed E-state index contributed by atoms with van der Waals surface area (Å²) in [6.45, 7) is 0. The van der Waals surface area contributed by atoms with Crippen molar-refractivity contribution in [3.8, 4) is 78.9 Å². The Morgan fingerprint density at radius 3 is 1.11 bits per heavy atom. The lowest BCUT2D eigenvalue weighted by Gasteiger charge is -2.12. The van der Waals surface area contributed by atoms with Gasteiger partial charge in [-0.3, -0.25) is 0 Å². The highest BCUT2D eigenvalue weighted by atomic mass is 16.3. The van der Waals surface area contributed by atoms with Crippen molar-refractivity contribution in [1.29, 1.82) is 0 Å². The highest BCUT2D eigenvalue weighted by Gasteiger charge is 2.16. The second-order valence-electron chi connectivity index (χ2n) is 15.4. The summed E-state index contributed by atoms with van der Waals surface area (Å²) < 4.78 is 12.6. The van der Waals surface area contributed by atoms with Gasteiger partial charge in [-0.25, -0.2) is 19.9 Å². The number of benzene rings is 8. The molecule has 0 fully saturated rings. The lowest BCUT2D eigenvalue weighted by atomic mass is 10.0. The first kappa shape index (κ1) is 35.5. The van der Waals surface area contributed by atoms with Crippen LogP contribution in [-0.2, 0) is 0 Å². The summed E-state index contributed by atoms with van der Waals surface area (Å²) in [7, 11) is 0. The summed E-state index contributed by atoms with van der Waals surface area (Å²) >= 11 is 0. The van der Waals surface area contributed by atoms with Crippen LogP contribution in [-0.4, -0.2) is 19.9 Å². The molecule has 0 saturated carbocycles. The molecule has 12 aromatic rings. The van der Waals surface area contributed by atoms with Gasteiger partial charge in [0.2, 0.25) is 0 Å². The maximum absolute atomic E-state index is 6.30. The van der Waals surface area contributed by atoms with Gasteiger partial charge in [-0.15, -0.1) is 0 Å². The van der Waals surface area contributed by atoms with Crippen molar-refractivity contribution in [2.75, 3.05) is 0 Å². The fourth-order valence-corrected chi connectivity index (χ4v) is 8.36. The molecule has 6 nitrogen and oxygen atoms in total. The third kappa shape index (κ3) is 6.38. The molecule has 62 heavy (non-hydrogen) atoms. The van der Waals surface area contributed by atoms with Crippen LogP contribution in [0.4, 0.5) is 0 Å². The van der Waals surface area contributed by atoms with Gasteiger partial charge in [0, 0.05) is 54.9 Å². The number of nitrogens with zero attached hydrogens (tertiary/aromatic N) is 4. The highest BCUT2D eigenvalue weighted by molar-refractivity contribution is 6.06. The number of fused-ring (bicyclic) bond motifs is 6. The normalized spacial score (nSPS) is 11.5. The minimum Gasteiger partial charge on any atom is -0.456 e. The van der Waals surface area contributed by atoms with E-state index in [9.17, 15) is 0 Å². The van der Waals surface area contributed by atoms with Crippen molar-refractivity contribution in [3.63, 3.8) is 0 Å². The van der Waals surface area contributed by atoms with Crippen molar-refractivity contribution >= 4 is 43.9 Å². The third-order valence-corrected chi connectivity index (χ3v) is 11.6. The molecule has 0 amide bonds. The average Bonchev–Trinajstić information content (AvgIpc) is 3.92. The summed E-state index contributed by atoms with van der Waals surface area (Å²) in [5.74, 6) is 1.26. The fourth-order valence-electron chi connectivity index (χ4n) is 8.36. The number of hydrogen-bond acceptors (Lipinski definition) is 6. The molecule has 0 radical (unpaired) electrons. The minimum atomic E-state index is 0.623. The number of para-hydroxylation sites is 2. The molecular weight excluding hydrogens is 761 g/mol. The number of aromatic nitrogens is 4. The van der Waals surface area contributed by atoms with E-state index in [2.05, 4.69) is 140 Å². The Hall–Kier alpha value is -8.48. The van der Waals surface area contributed by atoms with E-state index >= 15 is 0 Å². The Balaban J connectivity index is 0.951. The van der Waals surface area contributed by atoms with Crippen LogP contribution in [0.15, 0.2) is 215 Å².